The van der Waals surface area contributed by atoms with Crippen LogP contribution in [0.1, 0.15) is 78.6 Å². The molecule has 1 saturated carbocycles. The van der Waals surface area contributed by atoms with Gasteiger partial charge in [-0.2, -0.15) is 0 Å². The van der Waals surface area contributed by atoms with Crippen molar-refractivity contribution in [3.05, 3.63) is 0 Å². The minimum Gasteiger partial charge on any atom is -0.0654 e. The van der Waals surface area contributed by atoms with Crippen molar-refractivity contribution in [1.82, 2.24) is 0 Å². The van der Waals surface area contributed by atoms with Crippen LogP contribution in [0.2, 0.25) is 0 Å². The van der Waals surface area contributed by atoms with E-state index in [0.717, 1.165) is 5.92 Å². The summed E-state index contributed by atoms with van der Waals surface area (Å²) >= 11 is 0. The third kappa shape index (κ3) is 8.33. The summed E-state index contributed by atoms with van der Waals surface area (Å²) in [6.07, 6.45) is 13.0. The van der Waals surface area contributed by atoms with Crippen molar-refractivity contribution in [3.63, 3.8) is 0 Å². The zero-order valence-corrected chi connectivity index (χ0v) is 9.94. The van der Waals surface area contributed by atoms with E-state index in [0.29, 0.717) is 0 Å². The summed E-state index contributed by atoms with van der Waals surface area (Å²) in [7, 11) is 0. The van der Waals surface area contributed by atoms with Crippen LogP contribution in [0.5, 0.6) is 0 Å². The van der Waals surface area contributed by atoms with Gasteiger partial charge in [-0.05, 0) is 5.92 Å². The molecule has 0 saturated heterocycles. The Morgan fingerprint density at radius 1 is 0.846 bits per heavy atom. The van der Waals surface area contributed by atoms with E-state index < -0.39 is 0 Å². The molecule has 0 radical (unpaired) electrons. The van der Waals surface area contributed by atoms with Gasteiger partial charge in [0.25, 0.3) is 0 Å². The predicted molar refractivity (Wildman–Crippen MR) is 62.1 cm³/mol. The average Bonchev–Trinajstić information content (AvgIpc) is 2.21. The molecule has 0 nitrogen and oxygen atoms in total. The molecule has 0 aliphatic heterocycles. The summed E-state index contributed by atoms with van der Waals surface area (Å²) in [4.78, 5) is 0. The second-order valence-electron chi connectivity index (χ2n) is 4.27. The minimum atomic E-state index is 1.09. The number of unbranched alkanes of at least 4 members (excludes halogenated alkanes) is 2. The summed E-state index contributed by atoms with van der Waals surface area (Å²) in [5, 5.41) is 0. The van der Waals surface area contributed by atoms with Gasteiger partial charge in [-0.3, -0.25) is 0 Å². The maximum absolute atomic E-state index is 2.32. The van der Waals surface area contributed by atoms with Crippen LogP contribution in [0.25, 0.3) is 0 Å². The monoisotopic (exact) mass is 184 g/mol. The largest absolute Gasteiger partial charge is 0.0654 e. The number of hydrogen-bond acceptors (Lipinski definition) is 0. The van der Waals surface area contributed by atoms with Crippen molar-refractivity contribution in [1.29, 1.82) is 0 Å². The van der Waals surface area contributed by atoms with E-state index >= 15 is 0 Å². The standard InChI is InChI=1S/C8H16.C5H12/c1-2-8-6-4-3-5-7-8;1-3-5-4-2/h8H,2-7H2,1H3;3-5H2,1-2H3. The summed E-state index contributed by atoms with van der Waals surface area (Å²) < 4.78 is 0. The van der Waals surface area contributed by atoms with Crippen molar-refractivity contribution in [3.8, 4) is 0 Å². The topological polar surface area (TPSA) is 0 Å². The van der Waals surface area contributed by atoms with E-state index in [4.69, 9.17) is 0 Å². The van der Waals surface area contributed by atoms with E-state index in [2.05, 4.69) is 20.8 Å². The minimum absolute atomic E-state index is 1.09. The van der Waals surface area contributed by atoms with Gasteiger partial charge in [0, 0.05) is 0 Å². The molecule has 0 bridgehead atoms. The maximum atomic E-state index is 2.32. The van der Waals surface area contributed by atoms with E-state index in [9.17, 15) is 0 Å². The fraction of sp³-hybridized carbons (Fsp3) is 1.00. The van der Waals surface area contributed by atoms with Crippen LogP contribution in [0.15, 0.2) is 0 Å². The molecule has 80 valence electrons. The molecule has 0 unspecified atom stereocenters. The van der Waals surface area contributed by atoms with Crippen LogP contribution in [0, 0.1) is 5.92 Å². The summed E-state index contributed by atoms with van der Waals surface area (Å²) in [6, 6.07) is 0. The van der Waals surface area contributed by atoms with Crippen LogP contribution in [0.4, 0.5) is 0 Å². The molecular formula is C13H28. The molecule has 0 atom stereocenters. The van der Waals surface area contributed by atoms with Gasteiger partial charge in [-0.25, -0.2) is 0 Å². The molecule has 0 heteroatoms. The molecule has 0 amide bonds. The molecule has 0 aromatic carbocycles. The summed E-state index contributed by atoms with van der Waals surface area (Å²) in [5.74, 6) is 1.09. The lowest BCUT2D eigenvalue weighted by molar-refractivity contribution is 0.349. The van der Waals surface area contributed by atoms with Crippen LogP contribution in [-0.4, -0.2) is 0 Å². The number of rotatable bonds is 3. The average molecular weight is 184 g/mol. The van der Waals surface area contributed by atoms with Crippen molar-refractivity contribution in [2.75, 3.05) is 0 Å². The van der Waals surface area contributed by atoms with Gasteiger partial charge in [0.05, 0.1) is 0 Å². The first-order valence-corrected chi connectivity index (χ1v) is 6.35. The predicted octanol–water partition coefficient (Wildman–Crippen LogP) is 5.17. The SMILES string of the molecule is CCC1CCCCC1.CCCCC. The normalized spacial score (nSPS) is 17.8. The Balaban J connectivity index is 0.000000252. The number of hydrogen-bond donors (Lipinski definition) is 0. The molecule has 1 fully saturated rings. The van der Waals surface area contributed by atoms with Crippen LogP contribution >= 0.6 is 0 Å². The second kappa shape index (κ2) is 10.1. The molecule has 0 aromatic heterocycles. The third-order valence-electron chi connectivity index (χ3n) is 3.01. The fourth-order valence-corrected chi connectivity index (χ4v) is 1.95. The van der Waals surface area contributed by atoms with Crippen LogP contribution in [-0.2, 0) is 0 Å². The first kappa shape index (κ1) is 13.0. The highest BCUT2D eigenvalue weighted by Crippen LogP contribution is 2.25. The molecule has 1 aliphatic carbocycles. The van der Waals surface area contributed by atoms with Crippen LogP contribution < -0.4 is 0 Å². The second-order valence-corrected chi connectivity index (χ2v) is 4.27. The van der Waals surface area contributed by atoms with E-state index in [1.807, 2.05) is 0 Å². The summed E-state index contributed by atoms with van der Waals surface area (Å²) in [6.45, 7) is 6.74. The zero-order valence-electron chi connectivity index (χ0n) is 9.94. The van der Waals surface area contributed by atoms with Gasteiger partial charge in [0.15, 0.2) is 0 Å². The smallest absolute Gasteiger partial charge is 0.0417 e. The highest BCUT2D eigenvalue weighted by Gasteiger charge is 2.09. The quantitative estimate of drug-likeness (QED) is 0.567. The van der Waals surface area contributed by atoms with Gasteiger partial charge < -0.3 is 0 Å². The Morgan fingerprint density at radius 3 is 1.62 bits per heavy atom. The van der Waals surface area contributed by atoms with Gasteiger partial charge in [0.2, 0.25) is 0 Å². The van der Waals surface area contributed by atoms with Crippen molar-refractivity contribution < 1.29 is 0 Å². The van der Waals surface area contributed by atoms with E-state index in [-0.39, 0.29) is 0 Å². The Bertz CT molecular complexity index is 78.0. The van der Waals surface area contributed by atoms with Gasteiger partial charge in [-0.15, -0.1) is 0 Å². The Kier molecular flexibility index (Phi) is 10.1. The van der Waals surface area contributed by atoms with Gasteiger partial charge in [-0.1, -0.05) is 78.6 Å². The third-order valence-corrected chi connectivity index (χ3v) is 3.01. The molecule has 0 N–H and O–H groups in total. The van der Waals surface area contributed by atoms with E-state index in [1.165, 1.54) is 57.8 Å². The van der Waals surface area contributed by atoms with Crippen molar-refractivity contribution in [2.24, 2.45) is 5.92 Å². The highest BCUT2D eigenvalue weighted by atomic mass is 14.2. The first-order valence-electron chi connectivity index (χ1n) is 6.35. The molecule has 0 spiro atoms. The Labute approximate surface area is 85.1 Å². The zero-order chi connectivity index (χ0) is 9.94. The molecule has 0 aromatic rings. The van der Waals surface area contributed by atoms with Gasteiger partial charge >= 0.3 is 0 Å². The highest BCUT2D eigenvalue weighted by molar-refractivity contribution is 4.63. The van der Waals surface area contributed by atoms with Gasteiger partial charge in [0.1, 0.15) is 0 Å². The lowest BCUT2D eigenvalue weighted by Gasteiger charge is -2.18. The summed E-state index contributed by atoms with van der Waals surface area (Å²) in [5.41, 5.74) is 0. The maximum Gasteiger partial charge on any atom is -0.0417 e. The van der Waals surface area contributed by atoms with Crippen molar-refractivity contribution >= 4 is 0 Å². The molecule has 0 heterocycles. The Hall–Kier alpha value is 0. The van der Waals surface area contributed by atoms with Crippen molar-refractivity contribution in [2.45, 2.75) is 78.6 Å². The fourth-order valence-electron chi connectivity index (χ4n) is 1.95. The van der Waals surface area contributed by atoms with Crippen LogP contribution in [0.3, 0.4) is 0 Å². The van der Waals surface area contributed by atoms with E-state index in [1.54, 1.807) is 0 Å². The molecule has 1 rings (SSSR count). The lowest BCUT2D eigenvalue weighted by atomic mass is 9.88. The molecular weight excluding hydrogens is 156 g/mol. The molecule has 13 heavy (non-hydrogen) atoms. The first-order chi connectivity index (χ1) is 6.35. The Morgan fingerprint density at radius 2 is 1.38 bits per heavy atom. The molecule has 1 aliphatic rings. The lowest BCUT2D eigenvalue weighted by Crippen LogP contribution is -2.03.